The molecule has 0 atom stereocenters. The SMILES string of the molecule is COC1CCN(CC(=O)NCc2cccc(Cl)c2)CC1. The number of hydrogen-bond acceptors (Lipinski definition) is 3. The summed E-state index contributed by atoms with van der Waals surface area (Å²) in [5.41, 5.74) is 1.02. The molecule has 0 aliphatic carbocycles. The first-order valence-corrected chi connectivity index (χ1v) is 7.31. The monoisotopic (exact) mass is 296 g/mol. The molecule has 1 aromatic carbocycles. The normalized spacial score (nSPS) is 17.1. The molecule has 1 aliphatic rings. The van der Waals surface area contributed by atoms with Crippen molar-refractivity contribution < 1.29 is 9.53 Å². The van der Waals surface area contributed by atoms with Crippen LogP contribution >= 0.6 is 11.6 Å². The number of likely N-dealkylation sites (tertiary alicyclic amines) is 1. The predicted molar refractivity (Wildman–Crippen MR) is 79.8 cm³/mol. The predicted octanol–water partition coefficient (Wildman–Crippen LogP) is 2.07. The zero-order valence-corrected chi connectivity index (χ0v) is 12.5. The molecule has 1 N–H and O–H groups in total. The van der Waals surface area contributed by atoms with Crippen LogP contribution in [0.15, 0.2) is 24.3 Å². The Kier molecular flexibility index (Phi) is 5.83. The number of amides is 1. The van der Waals surface area contributed by atoms with E-state index in [1.807, 2.05) is 24.3 Å². The lowest BCUT2D eigenvalue weighted by atomic mass is 10.1. The maximum Gasteiger partial charge on any atom is 0.234 e. The number of nitrogens with one attached hydrogen (secondary N) is 1. The lowest BCUT2D eigenvalue weighted by Gasteiger charge is -2.30. The van der Waals surface area contributed by atoms with Crippen LogP contribution in [0.3, 0.4) is 0 Å². The van der Waals surface area contributed by atoms with Crippen LogP contribution in [-0.2, 0) is 16.1 Å². The standard InChI is InChI=1S/C15H21ClN2O2/c1-20-14-5-7-18(8-6-14)11-15(19)17-10-12-3-2-4-13(16)9-12/h2-4,9,14H,5-8,10-11H2,1H3,(H,17,19). The Morgan fingerprint density at radius 2 is 2.20 bits per heavy atom. The minimum atomic E-state index is 0.0563. The van der Waals surface area contributed by atoms with Crippen LogP contribution in [0, 0.1) is 0 Å². The molecular weight excluding hydrogens is 276 g/mol. The van der Waals surface area contributed by atoms with E-state index >= 15 is 0 Å². The highest BCUT2D eigenvalue weighted by Gasteiger charge is 2.20. The number of halogens is 1. The Morgan fingerprint density at radius 1 is 1.45 bits per heavy atom. The van der Waals surface area contributed by atoms with E-state index in [9.17, 15) is 4.79 Å². The molecule has 110 valence electrons. The van der Waals surface area contributed by atoms with Crippen molar-refractivity contribution in [2.45, 2.75) is 25.5 Å². The van der Waals surface area contributed by atoms with E-state index in [2.05, 4.69) is 10.2 Å². The summed E-state index contributed by atoms with van der Waals surface area (Å²) in [5, 5.41) is 3.62. The third-order valence-corrected chi connectivity index (χ3v) is 3.85. The number of piperidine rings is 1. The quantitative estimate of drug-likeness (QED) is 0.904. The molecule has 20 heavy (non-hydrogen) atoms. The van der Waals surface area contributed by atoms with Gasteiger partial charge in [0.2, 0.25) is 5.91 Å². The van der Waals surface area contributed by atoms with Gasteiger partial charge in [-0.05, 0) is 30.5 Å². The molecule has 0 radical (unpaired) electrons. The van der Waals surface area contributed by atoms with Crippen molar-refractivity contribution in [2.24, 2.45) is 0 Å². The molecule has 4 nitrogen and oxygen atoms in total. The zero-order chi connectivity index (χ0) is 14.4. The van der Waals surface area contributed by atoms with Crippen molar-refractivity contribution in [1.29, 1.82) is 0 Å². The minimum absolute atomic E-state index is 0.0563. The van der Waals surface area contributed by atoms with E-state index < -0.39 is 0 Å². The Labute approximate surface area is 125 Å². The van der Waals surface area contributed by atoms with Crippen LogP contribution in [0.4, 0.5) is 0 Å². The van der Waals surface area contributed by atoms with Crippen molar-refractivity contribution in [2.75, 3.05) is 26.7 Å². The number of benzene rings is 1. The van der Waals surface area contributed by atoms with Gasteiger partial charge in [0.15, 0.2) is 0 Å². The van der Waals surface area contributed by atoms with E-state index in [-0.39, 0.29) is 5.91 Å². The zero-order valence-electron chi connectivity index (χ0n) is 11.8. The van der Waals surface area contributed by atoms with E-state index in [4.69, 9.17) is 16.3 Å². The second-order valence-corrected chi connectivity index (χ2v) is 5.55. The molecule has 1 aromatic rings. The molecule has 1 aliphatic heterocycles. The van der Waals surface area contributed by atoms with Crippen molar-refractivity contribution >= 4 is 17.5 Å². The van der Waals surface area contributed by atoms with Crippen LogP contribution in [0.5, 0.6) is 0 Å². The van der Waals surface area contributed by atoms with Gasteiger partial charge in [-0.15, -0.1) is 0 Å². The van der Waals surface area contributed by atoms with Gasteiger partial charge in [-0.2, -0.15) is 0 Å². The second kappa shape index (κ2) is 7.62. The van der Waals surface area contributed by atoms with E-state index in [1.54, 1.807) is 7.11 Å². The molecule has 2 rings (SSSR count). The first kappa shape index (κ1) is 15.3. The summed E-state index contributed by atoms with van der Waals surface area (Å²) in [6, 6.07) is 7.54. The van der Waals surface area contributed by atoms with Gasteiger partial charge < -0.3 is 10.1 Å². The average molecular weight is 297 g/mol. The first-order chi connectivity index (χ1) is 9.67. The molecule has 5 heteroatoms. The molecular formula is C15H21ClN2O2. The lowest BCUT2D eigenvalue weighted by Crippen LogP contribution is -2.42. The highest BCUT2D eigenvalue weighted by atomic mass is 35.5. The fourth-order valence-corrected chi connectivity index (χ4v) is 2.62. The van der Waals surface area contributed by atoms with Crippen LogP contribution in [-0.4, -0.2) is 43.7 Å². The summed E-state index contributed by atoms with van der Waals surface area (Å²) in [5.74, 6) is 0.0563. The Bertz CT molecular complexity index is 445. The number of carbonyl (C=O) groups excluding carboxylic acids is 1. The van der Waals surface area contributed by atoms with Crippen molar-refractivity contribution in [3.05, 3.63) is 34.9 Å². The number of hydrogen-bond donors (Lipinski definition) is 1. The Hall–Kier alpha value is -1.10. The van der Waals surface area contributed by atoms with Gasteiger partial charge >= 0.3 is 0 Å². The summed E-state index contributed by atoms with van der Waals surface area (Å²) in [7, 11) is 1.75. The van der Waals surface area contributed by atoms with Crippen LogP contribution in [0.25, 0.3) is 0 Å². The van der Waals surface area contributed by atoms with Crippen molar-refractivity contribution in [1.82, 2.24) is 10.2 Å². The van der Waals surface area contributed by atoms with Crippen molar-refractivity contribution in [3.8, 4) is 0 Å². The van der Waals surface area contributed by atoms with Gasteiger partial charge in [0.25, 0.3) is 0 Å². The summed E-state index contributed by atoms with van der Waals surface area (Å²) in [6.45, 7) is 2.82. The summed E-state index contributed by atoms with van der Waals surface area (Å²) < 4.78 is 5.32. The average Bonchev–Trinajstić information content (AvgIpc) is 2.46. The topological polar surface area (TPSA) is 41.6 Å². The largest absolute Gasteiger partial charge is 0.381 e. The summed E-state index contributed by atoms with van der Waals surface area (Å²) >= 11 is 5.91. The third-order valence-electron chi connectivity index (χ3n) is 3.61. The maximum absolute atomic E-state index is 11.9. The van der Waals surface area contributed by atoms with Gasteiger partial charge in [-0.3, -0.25) is 9.69 Å². The Balaban J connectivity index is 1.71. The molecule has 1 fully saturated rings. The van der Waals surface area contributed by atoms with E-state index in [0.29, 0.717) is 24.2 Å². The molecule has 0 aromatic heterocycles. The molecule has 0 unspecified atom stereocenters. The van der Waals surface area contributed by atoms with Crippen LogP contribution in [0.1, 0.15) is 18.4 Å². The summed E-state index contributed by atoms with van der Waals surface area (Å²) in [4.78, 5) is 14.1. The van der Waals surface area contributed by atoms with E-state index in [0.717, 1.165) is 31.5 Å². The number of rotatable bonds is 5. The van der Waals surface area contributed by atoms with Gasteiger partial charge in [-0.25, -0.2) is 0 Å². The van der Waals surface area contributed by atoms with Crippen LogP contribution < -0.4 is 5.32 Å². The maximum atomic E-state index is 11.9. The third kappa shape index (κ3) is 4.78. The lowest BCUT2D eigenvalue weighted by molar-refractivity contribution is -0.123. The van der Waals surface area contributed by atoms with Crippen molar-refractivity contribution in [3.63, 3.8) is 0 Å². The second-order valence-electron chi connectivity index (χ2n) is 5.12. The molecule has 1 amide bonds. The van der Waals surface area contributed by atoms with Gasteiger partial charge in [-0.1, -0.05) is 23.7 Å². The molecule has 0 bridgehead atoms. The molecule has 1 saturated heterocycles. The molecule has 0 spiro atoms. The van der Waals surface area contributed by atoms with Gasteiger partial charge in [0.1, 0.15) is 0 Å². The number of methoxy groups -OCH3 is 1. The fraction of sp³-hybridized carbons (Fsp3) is 0.533. The van der Waals surface area contributed by atoms with E-state index in [1.165, 1.54) is 0 Å². The number of carbonyl (C=O) groups is 1. The number of ether oxygens (including phenoxy) is 1. The first-order valence-electron chi connectivity index (χ1n) is 6.93. The highest BCUT2D eigenvalue weighted by molar-refractivity contribution is 6.30. The fourth-order valence-electron chi connectivity index (χ4n) is 2.41. The van der Waals surface area contributed by atoms with Gasteiger partial charge in [0.05, 0.1) is 12.6 Å². The molecule has 1 heterocycles. The molecule has 0 saturated carbocycles. The minimum Gasteiger partial charge on any atom is -0.381 e. The Morgan fingerprint density at radius 3 is 2.85 bits per heavy atom. The van der Waals surface area contributed by atoms with Gasteiger partial charge in [0, 0.05) is 31.8 Å². The summed E-state index contributed by atoms with van der Waals surface area (Å²) in [6.07, 6.45) is 2.34. The smallest absolute Gasteiger partial charge is 0.234 e. The highest BCUT2D eigenvalue weighted by Crippen LogP contribution is 2.12. The number of nitrogens with zero attached hydrogens (tertiary/aromatic N) is 1. The van der Waals surface area contributed by atoms with Crippen LogP contribution in [0.2, 0.25) is 5.02 Å².